The highest BCUT2D eigenvalue weighted by Crippen LogP contribution is 2.52. The Kier molecular flexibility index (Phi) is 6.66. The maximum atomic E-state index is 15.6. The second-order valence-electron chi connectivity index (χ2n) is 6.35. The van der Waals surface area contributed by atoms with Gasteiger partial charge in [0, 0.05) is 13.1 Å². The third-order valence-electron chi connectivity index (χ3n) is 5.43. The van der Waals surface area contributed by atoms with E-state index in [0.29, 0.717) is 6.92 Å². The third-order valence-corrected chi connectivity index (χ3v) is 9.98. The lowest BCUT2D eigenvalue weighted by Crippen LogP contribution is -2.69. The molecule has 11 heteroatoms. The molecular formula is C14H27F2NO6S2. The Bertz CT molecular complexity index is 669. The highest BCUT2D eigenvalue weighted by molar-refractivity contribution is 7.91. The van der Waals surface area contributed by atoms with E-state index in [2.05, 4.69) is 0 Å². The number of morpholine rings is 1. The van der Waals surface area contributed by atoms with Crippen LogP contribution in [0.1, 0.15) is 47.0 Å². The van der Waals surface area contributed by atoms with Gasteiger partial charge in [-0.2, -0.15) is 12.7 Å². The molecule has 1 atom stereocenters. The van der Waals surface area contributed by atoms with E-state index in [0.717, 1.165) is 4.31 Å². The molecular weight excluding hydrogens is 380 g/mol. The minimum atomic E-state index is -5.22. The number of alkyl halides is 2. The van der Waals surface area contributed by atoms with Crippen molar-refractivity contribution in [1.29, 1.82) is 0 Å². The van der Waals surface area contributed by atoms with Gasteiger partial charge in [0.15, 0.2) is 9.49 Å². The fourth-order valence-electron chi connectivity index (χ4n) is 3.30. The van der Waals surface area contributed by atoms with E-state index >= 15 is 8.78 Å². The first-order chi connectivity index (χ1) is 11.3. The van der Waals surface area contributed by atoms with Gasteiger partial charge < -0.3 is 4.74 Å². The van der Waals surface area contributed by atoms with Crippen LogP contribution in [-0.4, -0.2) is 67.4 Å². The average molecular weight is 408 g/mol. The lowest BCUT2D eigenvalue weighted by molar-refractivity contribution is -0.0847. The van der Waals surface area contributed by atoms with Gasteiger partial charge in [-0.05, 0) is 26.2 Å². The molecule has 1 rings (SSSR count). The molecule has 0 radical (unpaired) electrons. The maximum Gasteiger partial charge on any atom is 0.290 e. The van der Waals surface area contributed by atoms with Crippen molar-refractivity contribution in [1.82, 2.24) is 4.31 Å². The molecule has 1 N–H and O–H groups in total. The Morgan fingerprint density at radius 2 is 1.44 bits per heavy atom. The first kappa shape index (κ1) is 22.7. The summed E-state index contributed by atoms with van der Waals surface area (Å²) >= 11 is 0. The van der Waals surface area contributed by atoms with Crippen molar-refractivity contribution < 1.29 is 34.9 Å². The van der Waals surface area contributed by atoms with E-state index in [-0.39, 0.29) is 26.3 Å². The number of sulfonamides is 1. The number of hydrogen-bond acceptors (Lipinski definition) is 5. The Morgan fingerprint density at radius 1 is 1.00 bits per heavy atom. The van der Waals surface area contributed by atoms with E-state index in [9.17, 15) is 21.4 Å². The fourth-order valence-corrected chi connectivity index (χ4v) is 6.65. The standard InChI is InChI=1S/C14H27F2NO6S2/c1-5-12(4,25(20,21)22)14(15,16)13(6-2,7-3)24(18,19)17-8-10-23-11-9-17/h5-11H2,1-4H3,(H,20,21,22). The summed E-state index contributed by atoms with van der Waals surface area (Å²) in [6.07, 6.45) is -1.64. The second kappa shape index (κ2) is 7.34. The average Bonchev–Trinajstić information content (AvgIpc) is 2.54. The number of rotatable bonds is 8. The molecule has 1 aliphatic heterocycles. The van der Waals surface area contributed by atoms with Gasteiger partial charge in [0.05, 0.1) is 13.2 Å². The summed E-state index contributed by atoms with van der Waals surface area (Å²) < 4.78 is 90.8. The minimum Gasteiger partial charge on any atom is -0.379 e. The molecule has 7 nitrogen and oxygen atoms in total. The number of nitrogens with zero attached hydrogens (tertiary/aromatic N) is 1. The summed E-state index contributed by atoms with van der Waals surface area (Å²) in [6.45, 7) is 4.46. The first-order valence-corrected chi connectivity index (χ1v) is 11.1. The SMILES string of the molecule is CCC(C)(C(F)(F)C(CC)(CC)S(=O)(=O)N1CCOCC1)S(=O)(=O)O. The number of hydrogen-bond donors (Lipinski definition) is 1. The van der Waals surface area contributed by atoms with Crippen molar-refractivity contribution in [3.63, 3.8) is 0 Å². The third kappa shape index (κ3) is 3.22. The molecule has 1 saturated heterocycles. The monoisotopic (exact) mass is 407 g/mol. The van der Waals surface area contributed by atoms with Gasteiger partial charge in [0.2, 0.25) is 10.0 Å². The summed E-state index contributed by atoms with van der Waals surface area (Å²) in [5.74, 6) is -4.22. The summed E-state index contributed by atoms with van der Waals surface area (Å²) in [7, 11) is -9.79. The van der Waals surface area contributed by atoms with Gasteiger partial charge in [0.1, 0.15) is 0 Å². The van der Waals surface area contributed by atoms with Crippen LogP contribution in [0.2, 0.25) is 0 Å². The molecule has 1 aliphatic rings. The first-order valence-electron chi connectivity index (χ1n) is 8.21. The molecule has 0 amide bonds. The molecule has 1 fully saturated rings. The zero-order valence-corrected chi connectivity index (χ0v) is 16.6. The molecule has 0 aromatic rings. The highest BCUT2D eigenvalue weighted by atomic mass is 32.2. The van der Waals surface area contributed by atoms with Crippen molar-refractivity contribution in [3.8, 4) is 0 Å². The predicted molar refractivity (Wildman–Crippen MR) is 89.8 cm³/mol. The van der Waals surface area contributed by atoms with Crippen LogP contribution < -0.4 is 0 Å². The topological polar surface area (TPSA) is 101 Å². The molecule has 0 bridgehead atoms. The lowest BCUT2D eigenvalue weighted by atomic mass is 9.84. The number of ether oxygens (including phenoxy) is 1. The van der Waals surface area contributed by atoms with Crippen molar-refractivity contribution in [2.24, 2.45) is 0 Å². The highest BCUT2D eigenvalue weighted by Gasteiger charge is 2.72. The van der Waals surface area contributed by atoms with Crippen LogP contribution in [0.25, 0.3) is 0 Å². The van der Waals surface area contributed by atoms with Crippen molar-refractivity contribution in [2.75, 3.05) is 26.3 Å². The molecule has 25 heavy (non-hydrogen) atoms. The van der Waals surface area contributed by atoms with Crippen LogP contribution in [0.15, 0.2) is 0 Å². The number of halogens is 2. The smallest absolute Gasteiger partial charge is 0.290 e. The van der Waals surface area contributed by atoms with Crippen molar-refractivity contribution in [2.45, 2.75) is 62.4 Å². The van der Waals surface area contributed by atoms with Gasteiger partial charge in [-0.1, -0.05) is 20.8 Å². The summed E-state index contributed by atoms with van der Waals surface area (Å²) in [4.78, 5) is 0. The van der Waals surface area contributed by atoms with E-state index < -0.39 is 54.8 Å². The van der Waals surface area contributed by atoms with Gasteiger partial charge in [0.25, 0.3) is 16.0 Å². The van der Waals surface area contributed by atoms with Crippen LogP contribution in [-0.2, 0) is 24.9 Å². The van der Waals surface area contributed by atoms with Crippen LogP contribution in [0.4, 0.5) is 8.78 Å². The van der Waals surface area contributed by atoms with E-state index in [1.807, 2.05) is 0 Å². The Balaban J connectivity index is 3.66. The van der Waals surface area contributed by atoms with Gasteiger partial charge in [-0.3, -0.25) is 4.55 Å². The molecule has 0 aromatic heterocycles. The van der Waals surface area contributed by atoms with Gasteiger partial charge in [-0.15, -0.1) is 0 Å². The van der Waals surface area contributed by atoms with Crippen LogP contribution in [0.5, 0.6) is 0 Å². The normalized spacial score (nSPS) is 21.1. The zero-order valence-electron chi connectivity index (χ0n) is 15.0. The van der Waals surface area contributed by atoms with Crippen molar-refractivity contribution >= 4 is 20.1 Å². The molecule has 1 unspecified atom stereocenters. The lowest BCUT2D eigenvalue weighted by Gasteiger charge is -2.48. The fraction of sp³-hybridized carbons (Fsp3) is 1.00. The maximum absolute atomic E-state index is 15.6. The van der Waals surface area contributed by atoms with Crippen LogP contribution in [0, 0.1) is 0 Å². The van der Waals surface area contributed by atoms with E-state index in [4.69, 9.17) is 4.74 Å². The summed E-state index contributed by atoms with van der Waals surface area (Å²) in [5.41, 5.74) is 0. The summed E-state index contributed by atoms with van der Waals surface area (Å²) in [5, 5.41) is 0. The van der Waals surface area contributed by atoms with Crippen LogP contribution in [0.3, 0.4) is 0 Å². The Morgan fingerprint density at radius 3 is 1.76 bits per heavy atom. The van der Waals surface area contributed by atoms with E-state index in [1.54, 1.807) is 0 Å². The molecule has 0 spiro atoms. The largest absolute Gasteiger partial charge is 0.379 e. The Hall–Kier alpha value is -0.360. The van der Waals surface area contributed by atoms with Gasteiger partial charge in [-0.25, -0.2) is 17.2 Å². The van der Waals surface area contributed by atoms with Crippen molar-refractivity contribution in [3.05, 3.63) is 0 Å². The zero-order chi connectivity index (χ0) is 19.7. The minimum absolute atomic E-state index is 0.0745. The second-order valence-corrected chi connectivity index (χ2v) is 10.5. The predicted octanol–water partition coefficient (Wildman–Crippen LogP) is 1.90. The molecule has 0 aliphatic carbocycles. The molecule has 0 aromatic carbocycles. The van der Waals surface area contributed by atoms with E-state index in [1.165, 1.54) is 20.8 Å². The quantitative estimate of drug-likeness (QED) is 0.617. The Labute approximate surface area is 148 Å². The molecule has 1 heterocycles. The van der Waals surface area contributed by atoms with Crippen LogP contribution >= 0.6 is 0 Å². The molecule has 150 valence electrons. The van der Waals surface area contributed by atoms with Gasteiger partial charge >= 0.3 is 0 Å². The molecule has 0 saturated carbocycles. The summed E-state index contributed by atoms with van der Waals surface area (Å²) in [6, 6.07) is 0.